The lowest BCUT2D eigenvalue weighted by molar-refractivity contribution is 0.562. The molecular formula is C19H24FN. The van der Waals surface area contributed by atoms with Gasteiger partial charge in [-0.3, -0.25) is 4.98 Å². The number of hydrogen-bond donors (Lipinski definition) is 0. The van der Waals surface area contributed by atoms with Gasteiger partial charge < -0.3 is 0 Å². The molecule has 2 aromatic rings. The van der Waals surface area contributed by atoms with Gasteiger partial charge in [-0.1, -0.05) is 46.8 Å². The molecule has 2 heteroatoms. The number of nitrogens with zero attached hydrogens (tertiary/aromatic N) is 1. The normalized spacial score (nSPS) is 12.0. The molecule has 0 fully saturated rings. The minimum atomic E-state index is -0.203. The molecule has 0 radical (unpaired) electrons. The Morgan fingerprint density at radius 3 is 2.10 bits per heavy atom. The van der Waals surface area contributed by atoms with E-state index in [1.807, 2.05) is 12.1 Å². The number of halogens is 1. The van der Waals surface area contributed by atoms with Crippen molar-refractivity contribution in [2.24, 2.45) is 0 Å². The predicted molar refractivity (Wildman–Crippen MR) is 87.2 cm³/mol. The second kappa shape index (κ2) is 5.59. The molecule has 0 atom stereocenters. The van der Waals surface area contributed by atoms with Crippen LogP contribution < -0.4 is 0 Å². The third-order valence-electron chi connectivity index (χ3n) is 3.78. The molecule has 21 heavy (non-hydrogen) atoms. The highest BCUT2D eigenvalue weighted by Gasteiger charge is 2.20. The maximum absolute atomic E-state index is 13.2. The molecule has 0 unspecified atom stereocenters. The fourth-order valence-electron chi connectivity index (χ4n) is 2.50. The highest BCUT2D eigenvalue weighted by Crippen LogP contribution is 2.33. The highest BCUT2D eigenvalue weighted by atomic mass is 19.1. The van der Waals surface area contributed by atoms with Gasteiger partial charge >= 0.3 is 0 Å². The summed E-state index contributed by atoms with van der Waals surface area (Å²) < 4.78 is 13.2. The maximum atomic E-state index is 13.2. The first-order valence-electron chi connectivity index (χ1n) is 7.48. The lowest BCUT2D eigenvalue weighted by Crippen LogP contribution is -2.16. The van der Waals surface area contributed by atoms with E-state index in [4.69, 9.17) is 4.98 Å². The van der Waals surface area contributed by atoms with Crippen LogP contribution in [0.1, 0.15) is 57.5 Å². The zero-order valence-corrected chi connectivity index (χ0v) is 13.8. The van der Waals surface area contributed by atoms with Crippen LogP contribution in [0.3, 0.4) is 0 Å². The van der Waals surface area contributed by atoms with E-state index in [1.54, 1.807) is 0 Å². The summed E-state index contributed by atoms with van der Waals surface area (Å²) in [6.45, 7) is 12.9. The second-order valence-corrected chi connectivity index (χ2v) is 6.98. The van der Waals surface area contributed by atoms with E-state index in [0.29, 0.717) is 5.92 Å². The SMILES string of the molecule is Cc1c(-c2ccc(F)cc2)cc(C(C)(C)C)nc1C(C)C. The minimum absolute atomic E-state index is 0.00782. The molecule has 0 amide bonds. The Hall–Kier alpha value is -1.70. The number of pyridine rings is 1. The quantitative estimate of drug-likeness (QED) is 0.698. The van der Waals surface area contributed by atoms with Gasteiger partial charge in [0.1, 0.15) is 5.82 Å². The molecule has 0 N–H and O–H groups in total. The third kappa shape index (κ3) is 3.31. The van der Waals surface area contributed by atoms with Gasteiger partial charge in [-0.05, 0) is 47.7 Å². The molecule has 1 nitrogen and oxygen atoms in total. The van der Waals surface area contributed by atoms with Crippen LogP contribution >= 0.6 is 0 Å². The Labute approximate surface area is 127 Å². The summed E-state index contributed by atoms with van der Waals surface area (Å²) in [5.41, 5.74) is 5.58. The Morgan fingerprint density at radius 2 is 1.62 bits per heavy atom. The van der Waals surface area contributed by atoms with Gasteiger partial charge in [0.25, 0.3) is 0 Å². The molecule has 1 aromatic heterocycles. The van der Waals surface area contributed by atoms with Crippen LogP contribution in [0.25, 0.3) is 11.1 Å². The summed E-state index contributed by atoms with van der Waals surface area (Å²) >= 11 is 0. The zero-order chi connectivity index (χ0) is 15.8. The van der Waals surface area contributed by atoms with Gasteiger partial charge in [-0.2, -0.15) is 0 Å². The molecule has 0 bridgehead atoms. The Balaban J connectivity index is 2.69. The van der Waals surface area contributed by atoms with E-state index in [-0.39, 0.29) is 11.2 Å². The number of aromatic nitrogens is 1. The average molecular weight is 285 g/mol. The van der Waals surface area contributed by atoms with Gasteiger partial charge in [0.05, 0.1) is 0 Å². The van der Waals surface area contributed by atoms with Crippen molar-refractivity contribution in [3.05, 3.63) is 53.1 Å². The average Bonchev–Trinajstić information content (AvgIpc) is 2.38. The Morgan fingerprint density at radius 1 is 1.05 bits per heavy atom. The van der Waals surface area contributed by atoms with Crippen molar-refractivity contribution in [1.29, 1.82) is 0 Å². The number of hydrogen-bond acceptors (Lipinski definition) is 1. The molecule has 2 rings (SSSR count). The Kier molecular flexibility index (Phi) is 4.18. The molecule has 0 saturated heterocycles. The molecular weight excluding hydrogens is 261 g/mol. The van der Waals surface area contributed by atoms with Crippen molar-refractivity contribution in [2.75, 3.05) is 0 Å². The molecule has 112 valence electrons. The first kappa shape index (κ1) is 15.7. The van der Waals surface area contributed by atoms with Crippen LogP contribution in [0.2, 0.25) is 0 Å². The van der Waals surface area contributed by atoms with E-state index in [9.17, 15) is 4.39 Å². The van der Waals surface area contributed by atoms with Gasteiger partial charge in [0, 0.05) is 16.8 Å². The summed E-state index contributed by atoms with van der Waals surface area (Å²) in [5.74, 6) is 0.164. The van der Waals surface area contributed by atoms with E-state index in [1.165, 1.54) is 17.7 Å². The van der Waals surface area contributed by atoms with Crippen LogP contribution in [0, 0.1) is 12.7 Å². The number of rotatable bonds is 2. The van der Waals surface area contributed by atoms with Crippen LogP contribution in [0.5, 0.6) is 0 Å². The maximum Gasteiger partial charge on any atom is 0.123 e. The van der Waals surface area contributed by atoms with Crippen LogP contribution in [-0.4, -0.2) is 4.98 Å². The summed E-state index contributed by atoms with van der Waals surface area (Å²) in [4.78, 5) is 4.87. The fraction of sp³-hybridized carbons (Fsp3) is 0.421. The molecule has 0 aliphatic rings. The van der Waals surface area contributed by atoms with E-state index in [0.717, 1.165) is 22.5 Å². The molecule has 1 heterocycles. The number of benzene rings is 1. The lowest BCUT2D eigenvalue weighted by atomic mass is 9.87. The topological polar surface area (TPSA) is 12.9 Å². The van der Waals surface area contributed by atoms with Crippen molar-refractivity contribution in [3.63, 3.8) is 0 Å². The van der Waals surface area contributed by atoms with Crippen molar-refractivity contribution < 1.29 is 4.39 Å². The van der Waals surface area contributed by atoms with Gasteiger partial charge in [0.2, 0.25) is 0 Å². The van der Waals surface area contributed by atoms with Crippen molar-refractivity contribution in [1.82, 2.24) is 4.98 Å². The monoisotopic (exact) mass is 285 g/mol. The summed E-state index contributed by atoms with van der Waals surface area (Å²) in [6.07, 6.45) is 0. The van der Waals surface area contributed by atoms with Crippen molar-refractivity contribution >= 4 is 0 Å². The van der Waals surface area contributed by atoms with Crippen LogP contribution in [0.4, 0.5) is 4.39 Å². The highest BCUT2D eigenvalue weighted by molar-refractivity contribution is 5.68. The molecule has 0 aliphatic heterocycles. The van der Waals surface area contributed by atoms with Gasteiger partial charge in [0.15, 0.2) is 0 Å². The zero-order valence-electron chi connectivity index (χ0n) is 13.8. The van der Waals surface area contributed by atoms with E-state index >= 15 is 0 Å². The van der Waals surface area contributed by atoms with Crippen LogP contribution in [-0.2, 0) is 5.41 Å². The molecule has 0 spiro atoms. The van der Waals surface area contributed by atoms with Crippen molar-refractivity contribution in [3.8, 4) is 11.1 Å². The van der Waals surface area contributed by atoms with Gasteiger partial charge in [-0.15, -0.1) is 0 Å². The lowest BCUT2D eigenvalue weighted by Gasteiger charge is -2.23. The molecule has 0 aliphatic carbocycles. The molecule has 1 aromatic carbocycles. The summed E-state index contributed by atoms with van der Waals surface area (Å²) in [7, 11) is 0. The predicted octanol–water partition coefficient (Wildman–Crippen LogP) is 5.62. The largest absolute Gasteiger partial charge is 0.257 e. The van der Waals surface area contributed by atoms with E-state index in [2.05, 4.69) is 47.6 Å². The second-order valence-electron chi connectivity index (χ2n) is 6.98. The van der Waals surface area contributed by atoms with Crippen LogP contribution in [0.15, 0.2) is 30.3 Å². The molecule has 0 saturated carbocycles. The first-order valence-corrected chi connectivity index (χ1v) is 7.48. The minimum Gasteiger partial charge on any atom is -0.257 e. The third-order valence-corrected chi connectivity index (χ3v) is 3.78. The van der Waals surface area contributed by atoms with Crippen molar-refractivity contribution in [2.45, 2.75) is 52.9 Å². The fourth-order valence-corrected chi connectivity index (χ4v) is 2.50. The summed E-state index contributed by atoms with van der Waals surface area (Å²) in [5, 5.41) is 0. The first-order chi connectivity index (χ1) is 9.70. The van der Waals surface area contributed by atoms with E-state index < -0.39 is 0 Å². The van der Waals surface area contributed by atoms with Gasteiger partial charge in [-0.25, -0.2) is 4.39 Å². The Bertz CT molecular complexity index is 634. The summed E-state index contributed by atoms with van der Waals surface area (Å²) in [6, 6.07) is 8.86. The smallest absolute Gasteiger partial charge is 0.123 e. The standard InChI is InChI=1S/C19H24FN/c1-12(2)18-13(3)16(11-17(21-18)19(4,5)6)14-7-9-15(20)10-8-14/h7-12H,1-6H3.